The SMILES string of the molecule is O=S(=O)(NC[C@@H](O)c1ccc2c(c1)CCO2)c1cc(Cl)ccc1Cl. The molecule has 2 aromatic carbocycles. The van der Waals surface area contributed by atoms with Crippen LogP contribution in [0, 0.1) is 0 Å². The van der Waals surface area contributed by atoms with Crippen molar-refractivity contribution in [3.05, 3.63) is 57.6 Å². The number of ether oxygens (including phenoxy) is 1. The number of fused-ring (bicyclic) bond motifs is 1. The molecule has 5 nitrogen and oxygen atoms in total. The number of rotatable bonds is 5. The third-order valence-corrected chi connectivity index (χ3v) is 5.89. The van der Waals surface area contributed by atoms with Crippen molar-refractivity contribution in [3.63, 3.8) is 0 Å². The van der Waals surface area contributed by atoms with Crippen LogP contribution in [-0.2, 0) is 16.4 Å². The highest BCUT2D eigenvalue weighted by Crippen LogP contribution is 2.29. The van der Waals surface area contributed by atoms with E-state index in [1.165, 1.54) is 18.2 Å². The molecule has 0 aromatic heterocycles. The van der Waals surface area contributed by atoms with Crippen molar-refractivity contribution in [1.82, 2.24) is 4.72 Å². The van der Waals surface area contributed by atoms with Crippen molar-refractivity contribution in [2.75, 3.05) is 13.2 Å². The van der Waals surface area contributed by atoms with Gasteiger partial charge in [-0.25, -0.2) is 13.1 Å². The summed E-state index contributed by atoms with van der Waals surface area (Å²) in [5.74, 6) is 0.803. The van der Waals surface area contributed by atoms with E-state index in [1.54, 1.807) is 12.1 Å². The molecule has 0 radical (unpaired) electrons. The first-order valence-electron chi connectivity index (χ1n) is 7.25. The molecule has 0 bridgehead atoms. The van der Waals surface area contributed by atoms with Crippen molar-refractivity contribution in [3.8, 4) is 5.75 Å². The van der Waals surface area contributed by atoms with Crippen LogP contribution in [0.2, 0.25) is 10.0 Å². The van der Waals surface area contributed by atoms with Crippen molar-refractivity contribution < 1.29 is 18.3 Å². The Labute approximate surface area is 150 Å². The summed E-state index contributed by atoms with van der Waals surface area (Å²) >= 11 is 11.7. The van der Waals surface area contributed by atoms with Crippen molar-refractivity contribution in [2.45, 2.75) is 17.4 Å². The van der Waals surface area contributed by atoms with E-state index in [-0.39, 0.29) is 21.5 Å². The van der Waals surface area contributed by atoms with Gasteiger partial charge in [0.2, 0.25) is 10.0 Å². The molecule has 8 heteroatoms. The number of hydrogen-bond donors (Lipinski definition) is 2. The maximum atomic E-state index is 12.3. The van der Waals surface area contributed by atoms with Gasteiger partial charge in [-0.2, -0.15) is 0 Å². The average molecular weight is 388 g/mol. The summed E-state index contributed by atoms with van der Waals surface area (Å²) in [7, 11) is -3.88. The molecule has 0 saturated heterocycles. The standard InChI is InChI=1S/C16H15Cl2NO4S/c17-12-2-3-13(18)16(8-12)24(21,22)19-9-14(20)10-1-4-15-11(7-10)5-6-23-15/h1-4,7-8,14,19-20H,5-6,9H2/t14-/m1/s1. The van der Waals surface area contributed by atoms with Crippen LogP contribution in [0.5, 0.6) is 5.75 Å². The van der Waals surface area contributed by atoms with E-state index in [1.807, 2.05) is 6.07 Å². The second-order valence-electron chi connectivity index (χ2n) is 5.41. The van der Waals surface area contributed by atoms with Crippen LogP contribution in [0.3, 0.4) is 0 Å². The quantitative estimate of drug-likeness (QED) is 0.826. The summed E-state index contributed by atoms with van der Waals surface area (Å²) in [6.07, 6.45) is -0.205. The molecule has 1 aliphatic heterocycles. The molecule has 0 aliphatic carbocycles. The van der Waals surface area contributed by atoms with Crippen LogP contribution < -0.4 is 9.46 Å². The predicted molar refractivity (Wildman–Crippen MR) is 92.3 cm³/mol. The minimum atomic E-state index is -3.88. The minimum Gasteiger partial charge on any atom is -0.493 e. The lowest BCUT2D eigenvalue weighted by atomic mass is 10.0. The number of benzene rings is 2. The van der Waals surface area contributed by atoms with Gasteiger partial charge in [-0.05, 0) is 41.5 Å². The Morgan fingerprint density at radius 3 is 2.79 bits per heavy atom. The molecule has 3 rings (SSSR count). The van der Waals surface area contributed by atoms with Crippen LogP contribution in [-0.4, -0.2) is 26.7 Å². The zero-order valence-electron chi connectivity index (χ0n) is 12.5. The van der Waals surface area contributed by atoms with Crippen LogP contribution in [0.15, 0.2) is 41.3 Å². The molecule has 1 aliphatic rings. The third-order valence-electron chi connectivity index (χ3n) is 3.75. The number of halogens is 2. The van der Waals surface area contributed by atoms with E-state index in [0.717, 1.165) is 17.7 Å². The molecule has 0 unspecified atom stereocenters. The Kier molecular flexibility index (Phi) is 5.03. The van der Waals surface area contributed by atoms with Crippen molar-refractivity contribution in [1.29, 1.82) is 0 Å². The molecule has 0 amide bonds. The molecule has 0 spiro atoms. The highest BCUT2D eigenvalue weighted by atomic mass is 35.5. The average Bonchev–Trinajstić information content (AvgIpc) is 3.02. The van der Waals surface area contributed by atoms with Crippen molar-refractivity contribution >= 4 is 33.2 Å². The third kappa shape index (κ3) is 3.68. The summed E-state index contributed by atoms with van der Waals surface area (Å²) in [6.45, 7) is 0.444. The fourth-order valence-electron chi connectivity index (χ4n) is 2.48. The van der Waals surface area contributed by atoms with E-state index < -0.39 is 16.1 Å². The molecule has 128 valence electrons. The van der Waals surface area contributed by atoms with E-state index in [4.69, 9.17) is 27.9 Å². The molecule has 0 saturated carbocycles. The molecule has 2 N–H and O–H groups in total. The van der Waals surface area contributed by atoms with Crippen LogP contribution in [0.25, 0.3) is 0 Å². The van der Waals surface area contributed by atoms with Gasteiger partial charge in [0.15, 0.2) is 0 Å². The van der Waals surface area contributed by atoms with Gasteiger partial charge < -0.3 is 9.84 Å². The fraction of sp³-hybridized carbons (Fsp3) is 0.250. The number of sulfonamides is 1. The van der Waals surface area contributed by atoms with Crippen LogP contribution in [0.4, 0.5) is 0 Å². The molecule has 24 heavy (non-hydrogen) atoms. The minimum absolute atomic E-state index is 0.0658. The Morgan fingerprint density at radius 1 is 1.21 bits per heavy atom. The van der Waals surface area contributed by atoms with Crippen LogP contribution in [0.1, 0.15) is 17.2 Å². The number of aliphatic hydroxyl groups is 1. The maximum Gasteiger partial charge on any atom is 0.242 e. The zero-order valence-corrected chi connectivity index (χ0v) is 14.8. The molecular weight excluding hydrogens is 373 g/mol. The summed E-state index contributed by atoms with van der Waals surface area (Å²) in [5, 5.41) is 10.6. The van der Waals surface area contributed by atoms with Gasteiger partial charge in [-0.3, -0.25) is 0 Å². The van der Waals surface area contributed by atoms with Gasteiger partial charge in [-0.1, -0.05) is 29.3 Å². The van der Waals surface area contributed by atoms with Crippen LogP contribution >= 0.6 is 23.2 Å². The first-order chi connectivity index (χ1) is 11.4. The molecular formula is C16H15Cl2NO4S. The largest absolute Gasteiger partial charge is 0.493 e. The highest BCUT2D eigenvalue weighted by Gasteiger charge is 2.21. The molecule has 1 heterocycles. The Bertz CT molecular complexity index is 870. The fourth-order valence-corrected chi connectivity index (χ4v) is 4.28. The normalized spacial score (nSPS) is 15.0. The first kappa shape index (κ1) is 17.5. The summed E-state index contributed by atoms with van der Waals surface area (Å²) in [5.41, 5.74) is 1.63. The van der Waals surface area contributed by atoms with E-state index in [2.05, 4.69) is 4.72 Å². The lowest BCUT2D eigenvalue weighted by Gasteiger charge is -2.14. The number of hydrogen-bond acceptors (Lipinski definition) is 4. The van der Waals surface area contributed by atoms with E-state index in [9.17, 15) is 13.5 Å². The van der Waals surface area contributed by atoms with Gasteiger partial charge in [0, 0.05) is 18.0 Å². The predicted octanol–water partition coefficient (Wildman–Crippen LogP) is 2.94. The van der Waals surface area contributed by atoms with E-state index in [0.29, 0.717) is 12.2 Å². The van der Waals surface area contributed by atoms with Gasteiger partial charge in [-0.15, -0.1) is 0 Å². The summed E-state index contributed by atoms with van der Waals surface area (Å²) in [4.78, 5) is -0.119. The Hall–Kier alpha value is -1.31. The highest BCUT2D eigenvalue weighted by molar-refractivity contribution is 7.89. The van der Waals surface area contributed by atoms with E-state index >= 15 is 0 Å². The smallest absolute Gasteiger partial charge is 0.242 e. The number of aliphatic hydroxyl groups excluding tert-OH is 1. The summed E-state index contributed by atoms with van der Waals surface area (Å²) in [6, 6.07) is 9.51. The molecule has 1 atom stereocenters. The lowest BCUT2D eigenvalue weighted by molar-refractivity contribution is 0.182. The van der Waals surface area contributed by atoms with Gasteiger partial charge >= 0.3 is 0 Å². The van der Waals surface area contributed by atoms with Gasteiger partial charge in [0.1, 0.15) is 10.6 Å². The molecule has 2 aromatic rings. The van der Waals surface area contributed by atoms with Gasteiger partial charge in [0.05, 0.1) is 17.7 Å². The Morgan fingerprint density at radius 2 is 2.00 bits per heavy atom. The number of nitrogens with one attached hydrogen (secondary N) is 1. The summed E-state index contributed by atoms with van der Waals surface area (Å²) < 4.78 is 32.5. The first-order valence-corrected chi connectivity index (χ1v) is 9.49. The maximum absolute atomic E-state index is 12.3. The molecule has 0 fully saturated rings. The zero-order chi connectivity index (χ0) is 17.3. The second kappa shape index (κ2) is 6.90. The second-order valence-corrected chi connectivity index (χ2v) is 7.99. The Balaban J connectivity index is 1.73. The van der Waals surface area contributed by atoms with Gasteiger partial charge in [0.25, 0.3) is 0 Å². The lowest BCUT2D eigenvalue weighted by Crippen LogP contribution is -2.28. The van der Waals surface area contributed by atoms with Crippen molar-refractivity contribution in [2.24, 2.45) is 0 Å². The monoisotopic (exact) mass is 387 g/mol. The topological polar surface area (TPSA) is 75.6 Å².